The van der Waals surface area contributed by atoms with Crippen LogP contribution in [0.3, 0.4) is 0 Å². The standard InChI is InChI=1S/C16H18BrF3N2O3/c1-15(2,3)14(24)25-22-7-12(23)21-16(8-22,13(19)20)10-6-9(17)4-5-11(10)18/h4-6,13H,7-8H2,1-3H3,(H,21,23). The molecule has 25 heavy (non-hydrogen) atoms. The smallest absolute Gasteiger partial charge is 0.330 e. The largest absolute Gasteiger partial charge is 0.367 e. The van der Waals surface area contributed by atoms with Crippen molar-refractivity contribution in [3.8, 4) is 0 Å². The minimum atomic E-state index is -3.13. The zero-order valence-electron chi connectivity index (χ0n) is 13.9. The highest BCUT2D eigenvalue weighted by Crippen LogP contribution is 2.35. The molecule has 1 heterocycles. The van der Waals surface area contributed by atoms with E-state index in [9.17, 15) is 22.8 Å². The van der Waals surface area contributed by atoms with Gasteiger partial charge in [-0.05, 0) is 39.0 Å². The average Bonchev–Trinajstić information content (AvgIpc) is 2.47. The average molecular weight is 423 g/mol. The predicted molar refractivity (Wildman–Crippen MR) is 87.0 cm³/mol. The number of piperazine rings is 1. The Morgan fingerprint density at radius 1 is 1.40 bits per heavy atom. The third kappa shape index (κ3) is 4.14. The van der Waals surface area contributed by atoms with Gasteiger partial charge in [-0.15, -0.1) is 5.06 Å². The summed E-state index contributed by atoms with van der Waals surface area (Å²) < 4.78 is 42.5. The highest BCUT2D eigenvalue weighted by molar-refractivity contribution is 9.10. The normalized spacial score (nSPS) is 22.0. The number of amides is 1. The van der Waals surface area contributed by atoms with Crippen molar-refractivity contribution in [3.05, 3.63) is 34.1 Å². The van der Waals surface area contributed by atoms with Crippen LogP contribution in [-0.4, -0.2) is 36.5 Å². The maximum absolute atomic E-state index is 14.2. The van der Waals surface area contributed by atoms with Gasteiger partial charge < -0.3 is 10.2 Å². The number of carbonyl (C=O) groups is 2. The molecule has 0 saturated carbocycles. The lowest BCUT2D eigenvalue weighted by atomic mass is 9.87. The second-order valence-electron chi connectivity index (χ2n) is 6.87. The number of hydroxylamine groups is 2. The van der Waals surface area contributed by atoms with Crippen LogP contribution < -0.4 is 5.32 Å². The van der Waals surface area contributed by atoms with E-state index in [-0.39, 0.29) is 5.56 Å². The number of nitrogens with one attached hydrogen (secondary N) is 1. The van der Waals surface area contributed by atoms with E-state index in [1.54, 1.807) is 20.8 Å². The molecular weight excluding hydrogens is 405 g/mol. The van der Waals surface area contributed by atoms with Crippen LogP contribution in [-0.2, 0) is 20.0 Å². The van der Waals surface area contributed by atoms with Crippen molar-refractivity contribution < 1.29 is 27.6 Å². The molecule has 138 valence electrons. The Morgan fingerprint density at radius 3 is 2.60 bits per heavy atom. The van der Waals surface area contributed by atoms with Crippen molar-refractivity contribution in [2.24, 2.45) is 5.41 Å². The van der Waals surface area contributed by atoms with Crippen LogP contribution in [0.25, 0.3) is 0 Å². The zero-order chi connectivity index (χ0) is 19.0. The fraction of sp³-hybridized carbons (Fsp3) is 0.500. The van der Waals surface area contributed by atoms with E-state index in [1.807, 2.05) is 0 Å². The molecule has 0 bridgehead atoms. The van der Waals surface area contributed by atoms with Gasteiger partial charge in [-0.3, -0.25) is 4.79 Å². The van der Waals surface area contributed by atoms with Crippen molar-refractivity contribution >= 4 is 27.8 Å². The van der Waals surface area contributed by atoms with Crippen molar-refractivity contribution in [3.63, 3.8) is 0 Å². The Balaban J connectivity index is 2.42. The van der Waals surface area contributed by atoms with Crippen LogP contribution in [0.5, 0.6) is 0 Å². The maximum Gasteiger partial charge on any atom is 0.330 e. The Hall–Kier alpha value is -1.61. The maximum atomic E-state index is 14.2. The summed E-state index contributed by atoms with van der Waals surface area (Å²) in [6.07, 6.45) is -3.13. The van der Waals surface area contributed by atoms with E-state index in [4.69, 9.17) is 4.84 Å². The summed E-state index contributed by atoms with van der Waals surface area (Å²) >= 11 is 3.11. The first-order valence-corrected chi connectivity index (χ1v) is 8.27. The number of halogens is 4. The molecule has 1 saturated heterocycles. The van der Waals surface area contributed by atoms with Gasteiger partial charge in [0, 0.05) is 10.0 Å². The lowest BCUT2D eigenvalue weighted by molar-refractivity contribution is -0.216. The number of nitrogens with zero attached hydrogens (tertiary/aromatic N) is 1. The molecule has 1 aliphatic rings. The predicted octanol–water partition coefficient (Wildman–Crippen LogP) is 2.98. The summed E-state index contributed by atoms with van der Waals surface area (Å²) in [5, 5.41) is 3.02. The van der Waals surface area contributed by atoms with Gasteiger partial charge in [-0.2, -0.15) is 0 Å². The second kappa shape index (κ2) is 6.95. The van der Waals surface area contributed by atoms with Crippen LogP contribution in [0, 0.1) is 11.2 Å². The van der Waals surface area contributed by atoms with Crippen LogP contribution >= 0.6 is 15.9 Å². The molecule has 0 aromatic heterocycles. The third-order valence-electron chi connectivity index (χ3n) is 3.71. The van der Waals surface area contributed by atoms with Gasteiger partial charge in [0.15, 0.2) is 0 Å². The number of benzene rings is 1. The van der Waals surface area contributed by atoms with Gasteiger partial charge in [0.05, 0.1) is 12.0 Å². The molecule has 0 spiro atoms. The van der Waals surface area contributed by atoms with E-state index >= 15 is 0 Å². The Kier molecular flexibility index (Phi) is 5.48. The molecule has 9 heteroatoms. The SMILES string of the molecule is CC(C)(C)C(=O)ON1CC(=O)NC(c2cc(Br)ccc2F)(C(F)F)C1. The highest BCUT2D eigenvalue weighted by Gasteiger charge is 2.50. The summed E-state index contributed by atoms with van der Waals surface area (Å²) in [7, 11) is 0. The summed E-state index contributed by atoms with van der Waals surface area (Å²) in [4.78, 5) is 29.1. The molecule has 1 fully saturated rings. The number of hydrogen-bond acceptors (Lipinski definition) is 4. The molecule has 5 nitrogen and oxygen atoms in total. The molecule has 1 unspecified atom stereocenters. The van der Waals surface area contributed by atoms with Gasteiger partial charge in [0.1, 0.15) is 17.9 Å². The molecule has 1 aromatic carbocycles. The number of alkyl halides is 2. The van der Waals surface area contributed by atoms with Crippen LogP contribution in [0.2, 0.25) is 0 Å². The zero-order valence-corrected chi connectivity index (χ0v) is 15.5. The molecule has 1 aromatic rings. The molecule has 1 atom stereocenters. The van der Waals surface area contributed by atoms with Crippen molar-refractivity contribution in [2.45, 2.75) is 32.7 Å². The fourth-order valence-corrected chi connectivity index (χ4v) is 2.73. The second-order valence-corrected chi connectivity index (χ2v) is 7.79. The topological polar surface area (TPSA) is 58.6 Å². The quantitative estimate of drug-likeness (QED) is 0.813. The number of carbonyl (C=O) groups excluding carboxylic acids is 2. The molecule has 0 radical (unpaired) electrons. The van der Waals surface area contributed by atoms with Gasteiger partial charge >= 0.3 is 5.97 Å². The summed E-state index contributed by atoms with van der Waals surface area (Å²) in [5.74, 6) is -2.37. The highest BCUT2D eigenvalue weighted by atomic mass is 79.9. The minimum Gasteiger partial charge on any atom is -0.367 e. The summed E-state index contributed by atoms with van der Waals surface area (Å²) in [6, 6.07) is 3.56. The van der Waals surface area contributed by atoms with Crippen molar-refractivity contribution in [1.29, 1.82) is 0 Å². The Labute approximate surface area is 151 Å². The number of hydrogen-bond donors (Lipinski definition) is 1. The van der Waals surface area contributed by atoms with Crippen molar-refractivity contribution in [2.75, 3.05) is 13.1 Å². The third-order valence-corrected chi connectivity index (χ3v) is 4.21. The lowest BCUT2D eigenvalue weighted by Crippen LogP contribution is -2.64. The first kappa shape index (κ1) is 19.7. The van der Waals surface area contributed by atoms with E-state index in [0.717, 1.165) is 11.1 Å². The van der Waals surface area contributed by atoms with Gasteiger partial charge in [0.2, 0.25) is 5.91 Å². The first-order valence-electron chi connectivity index (χ1n) is 7.48. The van der Waals surface area contributed by atoms with Crippen LogP contribution in [0.1, 0.15) is 26.3 Å². The van der Waals surface area contributed by atoms with E-state index in [1.165, 1.54) is 12.1 Å². The first-order chi connectivity index (χ1) is 11.5. The van der Waals surface area contributed by atoms with Gasteiger partial charge in [-0.1, -0.05) is 15.9 Å². The Morgan fingerprint density at radius 2 is 2.04 bits per heavy atom. The fourth-order valence-electron chi connectivity index (χ4n) is 2.37. The van der Waals surface area contributed by atoms with E-state index in [2.05, 4.69) is 21.2 Å². The molecular formula is C16H18BrF3N2O3. The van der Waals surface area contributed by atoms with E-state index in [0.29, 0.717) is 4.47 Å². The minimum absolute atomic E-state index is 0.377. The molecule has 1 N–H and O–H groups in total. The van der Waals surface area contributed by atoms with Crippen LogP contribution in [0.15, 0.2) is 22.7 Å². The molecule has 1 aliphatic heterocycles. The number of rotatable bonds is 3. The monoisotopic (exact) mass is 422 g/mol. The molecule has 1 amide bonds. The van der Waals surface area contributed by atoms with Gasteiger partial charge in [0.25, 0.3) is 6.43 Å². The molecule has 0 aliphatic carbocycles. The van der Waals surface area contributed by atoms with Gasteiger partial charge in [-0.25, -0.2) is 18.0 Å². The summed E-state index contributed by atoms with van der Waals surface area (Å²) in [6.45, 7) is 3.78. The molecule has 2 rings (SSSR count). The van der Waals surface area contributed by atoms with E-state index < -0.39 is 48.2 Å². The van der Waals surface area contributed by atoms with Crippen LogP contribution in [0.4, 0.5) is 13.2 Å². The summed E-state index contributed by atoms with van der Waals surface area (Å²) in [5.41, 5.74) is -3.61. The lowest BCUT2D eigenvalue weighted by Gasteiger charge is -2.42. The Bertz CT molecular complexity index is 694. The van der Waals surface area contributed by atoms with Crippen molar-refractivity contribution in [1.82, 2.24) is 10.4 Å².